The Morgan fingerprint density at radius 2 is 1.93 bits per heavy atom. The van der Waals surface area contributed by atoms with Crippen LogP contribution in [-0.4, -0.2) is 47.5 Å². The maximum Gasteiger partial charge on any atom is 0.251 e. The summed E-state index contributed by atoms with van der Waals surface area (Å²) in [7, 11) is 3.95. The number of hydrogen-bond donors (Lipinski definition) is 1. The van der Waals surface area contributed by atoms with E-state index in [4.69, 9.17) is 10.2 Å². The Bertz CT molecular complexity index is 1030. The predicted octanol–water partition coefficient (Wildman–Crippen LogP) is 3.45. The Hall–Kier alpha value is -3.17. The van der Waals surface area contributed by atoms with Crippen molar-refractivity contribution >= 4 is 16.9 Å². The number of nitrogens with zero attached hydrogens (tertiary/aromatic N) is 4. The Balaban J connectivity index is 1.91. The molecule has 0 aliphatic heterocycles. The third kappa shape index (κ3) is 4.05. The SMILES string of the molecule is CC(C)n1c(-c2ccc(C(=O)NCCN(C)C)cc2)nc2cc(C#N)ccc21. The van der Waals surface area contributed by atoms with Gasteiger partial charge < -0.3 is 14.8 Å². The number of benzene rings is 2. The fraction of sp³-hybridized carbons (Fsp3) is 0.318. The van der Waals surface area contributed by atoms with E-state index in [2.05, 4.69) is 29.8 Å². The summed E-state index contributed by atoms with van der Waals surface area (Å²) in [6.45, 7) is 5.62. The highest BCUT2D eigenvalue weighted by molar-refractivity contribution is 5.94. The minimum atomic E-state index is -0.0792. The van der Waals surface area contributed by atoms with Gasteiger partial charge in [0.15, 0.2) is 0 Å². The lowest BCUT2D eigenvalue weighted by molar-refractivity contribution is 0.0951. The van der Waals surface area contributed by atoms with Crippen molar-refractivity contribution in [1.82, 2.24) is 19.8 Å². The Kier molecular flexibility index (Phi) is 5.76. The molecule has 0 spiro atoms. The molecular formula is C22H25N5O. The summed E-state index contributed by atoms with van der Waals surface area (Å²) in [6, 6.07) is 15.4. The zero-order valence-corrected chi connectivity index (χ0v) is 16.7. The lowest BCUT2D eigenvalue weighted by Gasteiger charge is -2.14. The van der Waals surface area contributed by atoms with E-state index in [0.29, 0.717) is 17.7 Å². The van der Waals surface area contributed by atoms with Crippen LogP contribution in [0.2, 0.25) is 0 Å². The number of likely N-dealkylation sites (N-methyl/N-ethyl adjacent to an activating group) is 1. The van der Waals surface area contributed by atoms with Gasteiger partial charge in [0.25, 0.3) is 5.91 Å². The van der Waals surface area contributed by atoms with Crippen molar-refractivity contribution in [3.63, 3.8) is 0 Å². The number of carbonyl (C=O) groups is 1. The fourth-order valence-corrected chi connectivity index (χ4v) is 3.16. The number of nitriles is 1. The summed E-state index contributed by atoms with van der Waals surface area (Å²) < 4.78 is 2.16. The largest absolute Gasteiger partial charge is 0.351 e. The first kappa shape index (κ1) is 19.6. The van der Waals surface area contributed by atoms with Crippen LogP contribution < -0.4 is 5.32 Å². The summed E-state index contributed by atoms with van der Waals surface area (Å²) >= 11 is 0. The average Bonchev–Trinajstić information content (AvgIpc) is 3.06. The first-order chi connectivity index (χ1) is 13.4. The molecule has 0 fully saturated rings. The molecule has 0 radical (unpaired) electrons. The molecule has 6 heteroatoms. The van der Waals surface area contributed by atoms with Crippen molar-refractivity contribution in [2.45, 2.75) is 19.9 Å². The predicted molar refractivity (Wildman–Crippen MR) is 111 cm³/mol. The second-order valence-electron chi connectivity index (χ2n) is 7.35. The standard InChI is InChI=1S/C22H25N5O/c1-15(2)27-20-10-5-16(14-23)13-19(20)25-21(27)17-6-8-18(9-7-17)22(28)24-11-12-26(3)4/h5-10,13,15H,11-12H2,1-4H3,(H,24,28). The third-order valence-corrected chi connectivity index (χ3v) is 4.58. The van der Waals surface area contributed by atoms with Crippen LogP contribution in [0.15, 0.2) is 42.5 Å². The Morgan fingerprint density at radius 3 is 2.54 bits per heavy atom. The molecule has 6 nitrogen and oxygen atoms in total. The normalized spacial score (nSPS) is 11.2. The summed E-state index contributed by atoms with van der Waals surface area (Å²) in [5.41, 5.74) is 3.95. The molecule has 0 atom stereocenters. The van der Waals surface area contributed by atoms with Crippen LogP contribution >= 0.6 is 0 Å². The molecule has 28 heavy (non-hydrogen) atoms. The maximum absolute atomic E-state index is 12.3. The number of rotatable bonds is 6. The number of fused-ring (bicyclic) bond motifs is 1. The fourth-order valence-electron chi connectivity index (χ4n) is 3.16. The lowest BCUT2D eigenvalue weighted by Crippen LogP contribution is -2.31. The van der Waals surface area contributed by atoms with Crippen molar-refractivity contribution < 1.29 is 4.79 Å². The number of imidazole rings is 1. The van der Waals surface area contributed by atoms with E-state index < -0.39 is 0 Å². The van der Waals surface area contributed by atoms with Crippen molar-refractivity contribution in [2.75, 3.05) is 27.2 Å². The second-order valence-corrected chi connectivity index (χ2v) is 7.35. The summed E-state index contributed by atoms with van der Waals surface area (Å²) in [6.07, 6.45) is 0. The first-order valence-electron chi connectivity index (χ1n) is 9.36. The average molecular weight is 375 g/mol. The van der Waals surface area contributed by atoms with Gasteiger partial charge in [-0.2, -0.15) is 5.26 Å². The molecule has 0 aliphatic rings. The highest BCUT2D eigenvalue weighted by Crippen LogP contribution is 2.29. The summed E-state index contributed by atoms with van der Waals surface area (Å²) in [4.78, 5) is 19.1. The van der Waals surface area contributed by atoms with Crippen molar-refractivity contribution in [2.24, 2.45) is 0 Å². The van der Waals surface area contributed by atoms with Gasteiger partial charge in [0.1, 0.15) is 5.82 Å². The zero-order valence-electron chi connectivity index (χ0n) is 16.7. The minimum Gasteiger partial charge on any atom is -0.351 e. The van der Waals surface area contributed by atoms with E-state index in [1.807, 2.05) is 61.5 Å². The van der Waals surface area contributed by atoms with Gasteiger partial charge in [-0.15, -0.1) is 0 Å². The van der Waals surface area contributed by atoms with E-state index in [9.17, 15) is 4.79 Å². The molecule has 3 aromatic rings. The quantitative estimate of drug-likeness (QED) is 0.716. The van der Waals surface area contributed by atoms with Crippen LogP contribution in [-0.2, 0) is 0 Å². The van der Waals surface area contributed by atoms with Gasteiger partial charge in [0.05, 0.1) is 22.7 Å². The zero-order chi connectivity index (χ0) is 20.3. The maximum atomic E-state index is 12.3. The molecule has 0 saturated carbocycles. The van der Waals surface area contributed by atoms with Crippen LogP contribution in [0.25, 0.3) is 22.4 Å². The first-order valence-corrected chi connectivity index (χ1v) is 9.36. The Morgan fingerprint density at radius 1 is 1.21 bits per heavy atom. The molecule has 1 aromatic heterocycles. The van der Waals surface area contributed by atoms with Crippen LogP contribution in [0.4, 0.5) is 0 Å². The van der Waals surface area contributed by atoms with E-state index in [1.54, 1.807) is 0 Å². The smallest absolute Gasteiger partial charge is 0.251 e. The van der Waals surface area contributed by atoms with Crippen LogP contribution in [0.5, 0.6) is 0 Å². The van der Waals surface area contributed by atoms with Gasteiger partial charge >= 0.3 is 0 Å². The van der Waals surface area contributed by atoms with Gasteiger partial charge in [-0.3, -0.25) is 4.79 Å². The number of amides is 1. The highest BCUT2D eigenvalue weighted by atomic mass is 16.1. The number of hydrogen-bond acceptors (Lipinski definition) is 4. The van der Waals surface area contributed by atoms with Crippen molar-refractivity contribution in [1.29, 1.82) is 5.26 Å². The Labute approximate surface area is 165 Å². The number of carbonyl (C=O) groups excluding carboxylic acids is 1. The van der Waals surface area contributed by atoms with E-state index in [0.717, 1.165) is 29.0 Å². The van der Waals surface area contributed by atoms with Gasteiger partial charge in [0, 0.05) is 30.3 Å². The lowest BCUT2D eigenvalue weighted by atomic mass is 10.1. The molecule has 1 amide bonds. The minimum absolute atomic E-state index is 0.0792. The van der Waals surface area contributed by atoms with Crippen molar-refractivity contribution in [3.8, 4) is 17.5 Å². The molecular weight excluding hydrogens is 350 g/mol. The topological polar surface area (TPSA) is 74.0 Å². The molecule has 1 heterocycles. The van der Waals surface area contributed by atoms with Gasteiger partial charge in [-0.1, -0.05) is 12.1 Å². The van der Waals surface area contributed by atoms with Crippen LogP contribution in [0.3, 0.4) is 0 Å². The molecule has 144 valence electrons. The van der Waals surface area contributed by atoms with Crippen molar-refractivity contribution in [3.05, 3.63) is 53.6 Å². The van der Waals surface area contributed by atoms with E-state index in [1.165, 1.54) is 0 Å². The van der Waals surface area contributed by atoms with Crippen LogP contribution in [0, 0.1) is 11.3 Å². The number of aromatic nitrogens is 2. The van der Waals surface area contributed by atoms with E-state index in [-0.39, 0.29) is 11.9 Å². The molecule has 1 N–H and O–H groups in total. The monoisotopic (exact) mass is 375 g/mol. The van der Waals surface area contributed by atoms with Gasteiger partial charge in [-0.25, -0.2) is 4.98 Å². The molecule has 0 bridgehead atoms. The van der Waals surface area contributed by atoms with Gasteiger partial charge in [0.2, 0.25) is 0 Å². The third-order valence-electron chi connectivity index (χ3n) is 4.58. The highest BCUT2D eigenvalue weighted by Gasteiger charge is 2.16. The second kappa shape index (κ2) is 8.24. The molecule has 3 rings (SSSR count). The summed E-state index contributed by atoms with van der Waals surface area (Å²) in [5, 5.41) is 12.1. The summed E-state index contributed by atoms with van der Waals surface area (Å²) in [5.74, 6) is 0.754. The molecule has 0 saturated heterocycles. The van der Waals surface area contributed by atoms with E-state index >= 15 is 0 Å². The number of nitrogens with one attached hydrogen (secondary N) is 1. The molecule has 2 aromatic carbocycles. The van der Waals surface area contributed by atoms with Gasteiger partial charge in [-0.05, 0) is 58.3 Å². The molecule has 0 aliphatic carbocycles. The molecule has 0 unspecified atom stereocenters. The van der Waals surface area contributed by atoms with Crippen LogP contribution in [0.1, 0.15) is 35.8 Å².